The number of hydrogen-bond acceptors (Lipinski definition) is 4. The first-order valence-electron chi connectivity index (χ1n) is 7.53. The maximum atomic E-state index is 12.8. The second-order valence-electron chi connectivity index (χ2n) is 6.01. The number of rotatable bonds is 2. The first-order chi connectivity index (χ1) is 10.2. The summed E-state index contributed by atoms with van der Waals surface area (Å²) in [6.45, 7) is 1.94. The van der Waals surface area contributed by atoms with Crippen LogP contribution in [0.25, 0.3) is 0 Å². The number of hydrogen-bond donors (Lipinski definition) is 0. The molecule has 0 spiro atoms. The lowest BCUT2D eigenvalue weighted by atomic mass is 9.94. The summed E-state index contributed by atoms with van der Waals surface area (Å²) in [6, 6.07) is 9.57. The van der Waals surface area contributed by atoms with E-state index in [4.69, 9.17) is 4.84 Å². The Hall–Kier alpha value is -1.72. The number of amides is 1. The molecule has 0 bridgehead atoms. The Labute approximate surface area is 123 Å². The van der Waals surface area contributed by atoms with E-state index in [-0.39, 0.29) is 23.7 Å². The number of Topliss-reactive ketones (excluding diaryl/α,β-unsaturated/α-hetero) is 1. The van der Waals surface area contributed by atoms with Gasteiger partial charge < -0.3 is 4.90 Å². The molecule has 0 aromatic heterocycles. The van der Waals surface area contributed by atoms with Crippen LogP contribution < -0.4 is 0 Å². The van der Waals surface area contributed by atoms with Gasteiger partial charge in [-0.05, 0) is 12.0 Å². The summed E-state index contributed by atoms with van der Waals surface area (Å²) in [5, 5.41) is 1.75. The van der Waals surface area contributed by atoms with Gasteiger partial charge in [0.15, 0.2) is 0 Å². The van der Waals surface area contributed by atoms with Crippen LogP contribution in [0, 0.1) is 5.92 Å². The number of carbonyl (C=O) groups excluding carboxylic acids is 2. The molecule has 1 aromatic rings. The van der Waals surface area contributed by atoms with Crippen molar-refractivity contribution < 1.29 is 14.4 Å². The van der Waals surface area contributed by atoms with Crippen molar-refractivity contribution in [1.82, 2.24) is 9.96 Å². The van der Waals surface area contributed by atoms with Gasteiger partial charge in [-0.25, -0.2) is 0 Å². The number of carbonyl (C=O) groups is 2. The Balaban J connectivity index is 1.55. The molecular formula is C16H18N2O3. The summed E-state index contributed by atoms with van der Waals surface area (Å²) in [5.41, 5.74) is 1.12. The maximum absolute atomic E-state index is 12.8. The Bertz CT molecular complexity index is 574. The van der Waals surface area contributed by atoms with E-state index in [1.54, 1.807) is 5.06 Å². The van der Waals surface area contributed by atoms with Gasteiger partial charge in [-0.1, -0.05) is 30.3 Å². The van der Waals surface area contributed by atoms with Gasteiger partial charge in [0, 0.05) is 26.1 Å². The highest BCUT2D eigenvalue weighted by atomic mass is 16.7. The van der Waals surface area contributed by atoms with Crippen molar-refractivity contribution in [2.24, 2.45) is 5.92 Å². The van der Waals surface area contributed by atoms with Crippen LogP contribution in [-0.2, 0) is 21.0 Å². The summed E-state index contributed by atoms with van der Waals surface area (Å²) in [6.07, 6.45) is 1.22. The molecule has 110 valence electrons. The van der Waals surface area contributed by atoms with Gasteiger partial charge in [-0.15, -0.1) is 0 Å². The molecule has 2 saturated heterocycles. The third kappa shape index (κ3) is 2.08. The minimum atomic E-state index is -0.400. The molecule has 2 aliphatic heterocycles. The summed E-state index contributed by atoms with van der Waals surface area (Å²) in [5.74, 6) is -0.0358. The van der Waals surface area contributed by atoms with Crippen LogP contribution in [0.5, 0.6) is 0 Å². The fourth-order valence-corrected chi connectivity index (χ4v) is 3.70. The van der Waals surface area contributed by atoms with Gasteiger partial charge in [-0.2, -0.15) is 5.06 Å². The van der Waals surface area contributed by atoms with Crippen molar-refractivity contribution in [3.05, 3.63) is 35.9 Å². The van der Waals surface area contributed by atoms with Gasteiger partial charge in [-0.3, -0.25) is 14.4 Å². The fourth-order valence-electron chi connectivity index (χ4n) is 3.70. The Kier molecular flexibility index (Phi) is 3.05. The van der Waals surface area contributed by atoms with Crippen LogP contribution in [-0.4, -0.2) is 46.9 Å². The smallest absolute Gasteiger partial charge is 0.243 e. The van der Waals surface area contributed by atoms with Crippen LogP contribution in [0.2, 0.25) is 0 Å². The van der Waals surface area contributed by atoms with Gasteiger partial charge in [0.1, 0.15) is 11.8 Å². The van der Waals surface area contributed by atoms with Crippen molar-refractivity contribution in [3.63, 3.8) is 0 Å². The Morgan fingerprint density at radius 3 is 2.76 bits per heavy atom. The largest absolute Gasteiger partial charge is 0.336 e. The molecule has 4 rings (SSSR count). The van der Waals surface area contributed by atoms with E-state index in [0.29, 0.717) is 26.1 Å². The van der Waals surface area contributed by atoms with Crippen LogP contribution in [0.15, 0.2) is 30.3 Å². The molecular weight excluding hydrogens is 268 g/mol. The minimum absolute atomic E-state index is 0.0350. The molecule has 1 saturated carbocycles. The summed E-state index contributed by atoms with van der Waals surface area (Å²) < 4.78 is 0. The normalized spacial score (nSPS) is 32.4. The number of benzene rings is 1. The zero-order valence-electron chi connectivity index (χ0n) is 11.8. The lowest BCUT2D eigenvalue weighted by Crippen LogP contribution is -2.56. The molecule has 21 heavy (non-hydrogen) atoms. The van der Waals surface area contributed by atoms with Crippen molar-refractivity contribution in [2.45, 2.75) is 31.5 Å². The SMILES string of the molecule is O=C1CC[C@H]2ON3CCN(Cc4ccccc4)C(=O)[C@@H]3[C@@H]12. The number of hydroxylamine groups is 2. The quantitative estimate of drug-likeness (QED) is 0.813. The second-order valence-corrected chi connectivity index (χ2v) is 6.01. The molecule has 0 N–H and O–H groups in total. The molecule has 3 fully saturated rings. The topological polar surface area (TPSA) is 49.9 Å². The number of piperazine rings is 1. The summed E-state index contributed by atoms with van der Waals surface area (Å²) in [4.78, 5) is 32.4. The highest BCUT2D eigenvalue weighted by Gasteiger charge is 2.55. The van der Waals surface area contributed by atoms with E-state index in [1.807, 2.05) is 35.2 Å². The lowest BCUT2D eigenvalue weighted by Gasteiger charge is -2.36. The summed E-state index contributed by atoms with van der Waals surface area (Å²) in [7, 11) is 0. The molecule has 5 heteroatoms. The van der Waals surface area contributed by atoms with E-state index in [1.165, 1.54) is 0 Å². The van der Waals surface area contributed by atoms with Crippen LogP contribution in [0.1, 0.15) is 18.4 Å². The maximum Gasteiger partial charge on any atom is 0.243 e. The molecule has 2 heterocycles. The van der Waals surface area contributed by atoms with Crippen LogP contribution in [0.3, 0.4) is 0 Å². The molecule has 3 atom stereocenters. The first kappa shape index (κ1) is 13.0. The number of fused-ring (bicyclic) bond motifs is 3. The van der Waals surface area contributed by atoms with Crippen molar-refractivity contribution in [2.75, 3.05) is 13.1 Å². The van der Waals surface area contributed by atoms with Gasteiger partial charge in [0.2, 0.25) is 5.91 Å². The average molecular weight is 286 g/mol. The van der Waals surface area contributed by atoms with Gasteiger partial charge in [0.05, 0.1) is 12.0 Å². The number of nitrogens with zero attached hydrogens (tertiary/aromatic N) is 2. The predicted molar refractivity (Wildman–Crippen MR) is 75.0 cm³/mol. The minimum Gasteiger partial charge on any atom is -0.336 e. The molecule has 5 nitrogen and oxygen atoms in total. The van der Waals surface area contributed by atoms with Crippen molar-refractivity contribution >= 4 is 11.7 Å². The average Bonchev–Trinajstić information content (AvgIpc) is 3.04. The first-order valence-corrected chi connectivity index (χ1v) is 7.53. The molecule has 0 radical (unpaired) electrons. The molecule has 1 aliphatic carbocycles. The van der Waals surface area contributed by atoms with Crippen molar-refractivity contribution in [1.29, 1.82) is 0 Å². The van der Waals surface area contributed by atoms with E-state index in [0.717, 1.165) is 12.0 Å². The second kappa shape index (κ2) is 4.93. The third-order valence-electron chi connectivity index (χ3n) is 4.74. The van der Waals surface area contributed by atoms with E-state index >= 15 is 0 Å². The fraction of sp³-hybridized carbons (Fsp3) is 0.500. The molecule has 0 unspecified atom stereocenters. The van der Waals surface area contributed by atoms with Crippen LogP contribution >= 0.6 is 0 Å². The van der Waals surface area contributed by atoms with Crippen molar-refractivity contribution in [3.8, 4) is 0 Å². The van der Waals surface area contributed by atoms with Crippen LogP contribution in [0.4, 0.5) is 0 Å². The highest BCUT2D eigenvalue weighted by molar-refractivity contribution is 5.93. The zero-order chi connectivity index (χ0) is 14.4. The highest BCUT2D eigenvalue weighted by Crippen LogP contribution is 2.39. The Morgan fingerprint density at radius 1 is 1.14 bits per heavy atom. The summed E-state index contributed by atoms with van der Waals surface area (Å²) >= 11 is 0. The zero-order valence-corrected chi connectivity index (χ0v) is 11.8. The molecule has 1 amide bonds. The standard InChI is InChI=1S/C16H18N2O3/c19-12-6-7-13-14(12)15-16(20)17(8-9-18(15)21-13)10-11-4-2-1-3-5-11/h1-5,13-15H,6-10H2/t13-,14+,15+/m1/s1. The molecule has 1 aromatic carbocycles. The van der Waals surface area contributed by atoms with E-state index < -0.39 is 6.04 Å². The third-order valence-corrected chi connectivity index (χ3v) is 4.74. The number of ketones is 1. The Morgan fingerprint density at radius 2 is 1.95 bits per heavy atom. The van der Waals surface area contributed by atoms with E-state index in [2.05, 4.69) is 0 Å². The monoisotopic (exact) mass is 286 g/mol. The van der Waals surface area contributed by atoms with Gasteiger partial charge >= 0.3 is 0 Å². The predicted octanol–water partition coefficient (Wildman–Crippen LogP) is 0.992. The lowest BCUT2D eigenvalue weighted by molar-refractivity contribution is -0.190. The molecule has 3 aliphatic rings. The van der Waals surface area contributed by atoms with E-state index in [9.17, 15) is 9.59 Å². The van der Waals surface area contributed by atoms with Gasteiger partial charge in [0.25, 0.3) is 0 Å².